The molecule has 0 aliphatic carbocycles. The Morgan fingerprint density at radius 2 is 1.89 bits per heavy atom. The summed E-state index contributed by atoms with van der Waals surface area (Å²) >= 11 is 0. The number of aromatic nitrogens is 4. The average molecular weight is 493 g/mol. The van der Waals surface area contributed by atoms with Crippen LogP contribution in [-0.2, 0) is 0 Å². The van der Waals surface area contributed by atoms with Crippen molar-refractivity contribution in [1.82, 2.24) is 24.5 Å². The number of benzene rings is 2. The van der Waals surface area contributed by atoms with Gasteiger partial charge in [0.25, 0.3) is 11.5 Å². The van der Waals surface area contributed by atoms with E-state index >= 15 is 0 Å². The van der Waals surface area contributed by atoms with Crippen LogP contribution in [0.1, 0.15) is 41.5 Å². The van der Waals surface area contributed by atoms with E-state index in [-0.39, 0.29) is 16.9 Å². The summed E-state index contributed by atoms with van der Waals surface area (Å²) in [6, 6.07) is 17.5. The van der Waals surface area contributed by atoms with Gasteiger partial charge in [-0.2, -0.15) is 0 Å². The van der Waals surface area contributed by atoms with Gasteiger partial charge in [-0.1, -0.05) is 42.2 Å². The fraction of sp³-hybridized carbons (Fsp3) is 0.143. The molecule has 37 heavy (non-hydrogen) atoms. The van der Waals surface area contributed by atoms with Crippen LogP contribution in [-0.4, -0.2) is 36.3 Å². The van der Waals surface area contributed by atoms with Crippen molar-refractivity contribution in [1.29, 1.82) is 0 Å². The van der Waals surface area contributed by atoms with Crippen molar-refractivity contribution in [2.24, 2.45) is 0 Å². The summed E-state index contributed by atoms with van der Waals surface area (Å²) in [7, 11) is 0. The number of aliphatic hydroxyl groups excluding tert-OH is 1. The third-order valence-corrected chi connectivity index (χ3v) is 5.95. The van der Waals surface area contributed by atoms with Crippen LogP contribution in [0.5, 0.6) is 0 Å². The predicted molar refractivity (Wildman–Crippen MR) is 141 cm³/mol. The van der Waals surface area contributed by atoms with Crippen molar-refractivity contribution in [3.63, 3.8) is 0 Å². The molecule has 0 aliphatic rings. The summed E-state index contributed by atoms with van der Waals surface area (Å²) in [5, 5.41) is 17.8. The van der Waals surface area contributed by atoms with Gasteiger partial charge in [-0.3, -0.25) is 14.2 Å². The van der Waals surface area contributed by atoms with Gasteiger partial charge in [-0.15, -0.1) is 5.10 Å². The van der Waals surface area contributed by atoms with Crippen LogP contribution in [0, 0.1) is 11.8 Å². The summed E-state index contributed by atoms with van der Waals surface area (Å²) in [6.07, 6.45) is 2.39. The van der Waals surface area contributed by atoms with E-state index in [2.05, 4.69) is 27.2 Å². The van der Waals surface area contributed by atoms with E-state index in [0.717, 1.165) is 0 Å². The first-order valence-electron chi connectivity index (χ1n) is 11.7. The highest BCUT2D eigenvalue weighted by Crippen LogP contribution is 2.24. The highest BCUT2D eigenvalue weighted by Gasteiger charge is 2.23. The lowest BCUT2D eigenvalue weighted by atomic mass is 10.0. The molecular weight excluding hydrogens is 468 g/mol. The first kappa shape index (κ1) is 23.8. The second kappa shape index (κ2) is 9.60. The van der Waals surface area contributed by atoms with Crippen molar-refractivity contribution >= 4 is 28.1 Å². The van der Waals surface area contributed by atoms with E-state index < -0.39 is 18.1 Å². The Bertz CT molecular complexity index is 1760. The zero-order valence-corrected chi connectivity index (χ0v) is 20.2. The predicted octanol–water partition coefficient (Wildman–Crippen LogP) is 2.84. The van der Waals surface area contributed by atoms with Crippen LogP contribution >= 0.6 is 0 Å². The van der Waals surface area contributed by atoms with E-state index in [1.165, 1.54) is 4.52 Å². The Morgan fingerprint density at radius 3 is 2.65 bits per heavy atom. The topological polar surface area (TPSA) is 128 Å². The van der Waals surface area contributed by atoms with Gasteiger partial charge in [0.1, 0.15) is 11.7 Å². The minimum absolute atomic E-state index is 0.0590. The number of carbonyl (C=O) groups excluding carboxylic acids is 1. The largest absolute Gasteiger partial charge is 0.381 e. The fourth-order valence-corrected chi connectivity index (χ4v) is 4.29. The van der Waals surface area contributed by atoms with Crippen LogP contribution in [0.25, 0.3) is 22.1 Å². The monoisotopic (exact) mass is 492 g/mol. The maximum absolute atomic E-state index is 13.9. The Kier molecular flexibility index (Phi) is 6.17. The Morgan fingerprint density at radius 1 is 1.11 bits per heavy atom. The molecular formula is C28H24N6O3. The molecule has 0 bridgehead atoms. The average Bonchev–Trinajstić information content (AvgIpc) is 3.23. The van der Waals surface area contributed by atoms with Gasteiger partial charge in [0.2, 0.25) is 0 Å². The van der Waals surface area contributed by atoms with Gasteiger partial charge in [-0.05, 0) is 49.6 Å². The molecule has 0 fully saturated rings. The Hall–Kier alpha value is -4.94. The summed E-state index contributed by atoms with van der Waals surface area (Å²) in [6.45, 7) is 3.36. The Labute approximate surface area is 212 Å². The number of aliphatic hydroxyl groups is 1. The number of carbonyl (C=O) groups is 1. The molecule has 4 N–H and O–H groups in total. The highest BCUT2D eigenvalue weighted by molar-refractivity contribution is 6.04. The number of rotatable bonds is 4. The van der Waals surface area contributed by atoms with Crippen molar-refractivity contribution in [3.05, 3.63) is 100 Å². The zero-order valence-electron chi connectivity index (χ0n) is 20.2. The first-order chi connectivity index (χ1) is 17.8. The molecule has 3 aromatic heterocycles. The standard InChI is InChI=1S/C28H24N6O3/c1-17(35)12-13-19-8-6-9-20-16-22(34(28(37)23(19)20)21-10-4-3-5-11-21)18(2)31-27(36)24-25(29)32-33-15-7-14-30-26(24)33/h3-11,14-18,35H,1-2H3,(H2,29,32)(H,31,36)/t17-,18-/m1/s1. The van der Waals surface area contributed by atoms with Gasteiger partial charge in [0.05, 0.1) is 11.4 Å². The number of para-hydroxylation sites is 1. The minimum atomic E-state index is -0.831. The molecule has 0 saturated carbocycles. The number of nitrogen functional groups attached to an aromatic ring is 1. The van der Waals surface area contributed by atoms with Crippen LogP contribution in [0.15, 0.2) is 77.9 Å². The lowest BCUT2D eigenvalue weighted by Crippen LogP contribution is -2.32. The second-order valence-corrected chi connectivity index (χ2v) is 8.60. The molecule has 0 unspecified atom stereocenters. The third-order valence-electron chi connectivity index (χ3n) is 5.95. The molecule has 9 heteroatoms. The number of amides is 1. The molecule has 0 spiro atoms. The van der Waals surface area contributed by atoms with Gasteiger partial charge in [0.15, 0.2) is 11.5 Å². The number of nitrogens with zero attached hydrogens (tertiary/aromatic N) is 4. The zero-order chi connectivity index (χ0) is 26.1. The molecule has 0 radical (unpaired) electrons. The molecule has 184 valence electrons. The second-order valence-electron chi connectivity index (χ2n) is 8.60. The van der Waals surface area contributed by atoms with Gasteiger partial charge >= 0.3 is 0 Å². The van der Waals surface area contributed by atoms with E-state index in [1.54, 1.807) is 49.0 Å². The van der Waals surface area contributed by atoms with Crippen molar-refractivity contribution < 1.29 is 9.90 Å². The number of hydrogen-bond acceptors (Lipinski definition) is 6. The smallest absolute Gasteiger partial charge is 0.264 e. The van der Waals surface area contributed by atoms with Gasteiger partial charge in [-0.25, -0.2) is 9.50 Å². The third kappa shape index (κ3) is 4.42. The first-order valence-corrected chi connectivity index (χ1v) is 11.7. The minimum Gasteiger partial charge on any atom is -0.381 e. The summed E-state index contributed by atoms with van der Waals surface area (Å²) in [4.78, 5) is 31.5. The van der Waals surface area contributed by atoms with Crippen molar-refractivity contribution in [2.75, 3.05) is 5.73 Å². The van der Waals surface area contributed by atoms with Crippen molar-refractivity contribution in [3.8, 4) is 17.5 Å². The van der Waals surface area contributed by atoms with E-state index in [1.807, 2.05) is 42.5 Å². The maximum atomic E-state index is 13.9. The molecule has 9 nitrogen and oxygen atoms in total. The van der Waals surface area contributed by atoms with Crippen LogP contribution in [0.2, 0.25) is 0 Å². The summed E-state index contributed by atoms with van der Waals surface area (Å²) in [5.41, 5.74) is 7.98. The molecule has 5 aromatic rings. The molecule has 5 rings (SSSR count). The molecule has 1 amide bonds. The lowest BCUT2D eigenvalue weighted by Gasteiger charge is -2.21. The summed E-state index contributed by atoms with van der Waals surface area (Å²) in [5.74, 6) is 5.23. The quantitative estimate of drug-likeness (QED) is 0.331. The number of nitrogens with one attached hydrogen (secondary N) is 1. The molecule has 2 atom stereocenters. The van der Waals surface area contributed by atoms with Gasteiger partial charge in [0, 0.05) is 29.3 Å². The highest BCUT2D eigenvalue weighted by atomic mass is 16.3. The van der Waals surface area contributed by atoms with E-state index in [9.17, 15) is 14.7 Å². The Balaban J connectivity index is 1.66. The molecule has 0 aliphatic heterocycles. The van der Waals surface area contributed by atoms with E-state index in [4.69, 9.17) is 5.73 Å². The SMILES string of the molecule is C[C@@H](O)C#Cc1cccc2cc([C@@H](C)NC(=O)c3c(N)nn4cccnc34)n(-c3ccccc3)c(=O)c12. The number of anilines is 1. The van der Waals surface area contributed by atoms with Crippen molar-refractivity contribution in [2.45, 2.75) is 26.0 Å². The fourth-order valence-electron chi connectivity index (χ4n) is 4.29. The molecule has 2 aromatic carbocycles. The van der Waals surface area contributed by atoms with Gasteiger partial charge < -0.3 is 16.2 Å². The van der Waals surface area contributed by atoms with Crippen LogP contribution < -0.4 is 16.6 Å². The normalized spacial score (nSPS) is 12.6. The number of fused-ring (bicyclic) bond motifs is 2. The lowest BCUT2D eigenvalue weighted by molar-refractivity contribution is 0.0941. The van der Waals surface area contributed by atoms with Crippen LogP contribution in [0.3, 0.4) is 0 Å². The maximum Gasteiger partial charge on any atom is 0.264 e. The number of nitrogens with two attached hydrogens (primary N) is 1. The van der Waals surface area contributed by atoms with Crippen LogP contribution in [0.4, 0.5) is 5.82 Å². The van der Waals surface area contributed by atoms with E-state index in [0.29, 0.717) is 33.4 Å². The number of hydrogen-bond donors (Lipinski definition) is 3. The number of pyridine rings is 1. The summed E-state index contributed by atoms with van der Waals surface area (Å²) < 4.78 is 3.01. The molecule has 3 heterocycles. The molecule has 0 saturated heterocycles.